The van der Waals surface area contributed by atoms with Crippen LogP contribution in [0, 0.1) is 6.92 Å². The van der Waals surface area contributed by atoms with Crippen molar-refractivity contribution >= 4 is 56.9 Å². The molecule has 1 amide bonds. The highest BCUT2D eigenvalue weighted by molar-refractivity contribution is 9.09. The minimum Gasteiger partial charge on any atom is -0.323 e. The maximum atomic E-state index is 11.4. The van der Waals surface area contributed by atoms with Gasteiger partial charge in [-0.25, -0.2) is 0 Å². The molecule has 0 aliphatic carbocycles. The summed E-state index contributed by atoms with van der Waals surface area (Å²) in [4.78, 5) is 16.6. The third kappa shape index (κ3) is 3.26. The van der Waals surface area contributed by atoms with Crippen molar-refractivity contribution in [2.45, 2.75) is 11.8 Å². The number of thioether (sulfide) groups is 1. The van der Waals surface area contributed by atoms with Crippen LogP contribution in [-0.2, 0) is 4.79 Å². The molecule has 1 aromatic heterocycles. The van der Waals surface area contributed by atoms with Crippen LogP contribution < -0.4 is 5.32 Å². The first kappa shape index (κ1) is 13.6. The molecule has 16 heavy (non-hydrogen) atoms. The molecule has 1 heterocycles. The number of thiocarbonyl (C=S) groups is 1. The summed E-state index contributed by atoms with van der Waals surface area (Å²) in [6, 6.07) is 1.93. The molecule has 86 valence electrons. The molecule has 0 aliphatic heterocycles. The van der Waals surface area contributed by atoms with E-state index in [2.05, 4.69) is 26.2 Å². The molecule has 0 fully saturated rings. The molecule has 0 radical (unpaired) electrons. The first-order valence-electron chi connectivity index (χ1n) is 4.49. The average Bonchev–Trinajstić information content (AvgIpc) is 2.30. The number of anilines is 1. The maximum absolute atomic E-state index is 11.4. The Morgan fingerprint density at radius 1 is 1.75 bits per heavy atom. The number of pyridine rings is 1. The Kier molecular flexibility index (Phi) is 5.37. The fraction of sp³-hybridized carbons (Fsp3) is 0.300. The number of amides is 1. The Bertz CT molecular complexity index is 424. The summed E-state index contributed by atoms with van der Waals surface area (Å²) >= 11 is 9.56. The van der Waals surface area contributed by atoms with Gasteiger partial charge in [-0.05, 0) is 19.2 Å². The second-order valence-corrected chi connectivity index (χ2v) is 4.67. The zero-order chi connectivity index (χ0) is 12.1. The number of alkyl halides is 1. The number of halogens is 1. The van der Waals surface area contributed by atoms with E-state index in [1.54, 1.807) is 11.8 Å². The first-order valence-corrected chi connectivity index (χ1v) is 7.30. The second kappa shape index (κ2) is 6.32. The van der Waals surface area contributed by atoms with Gasteiger partial charge in [-0.1, -0.05) is 28.1 Å². The monoisotopic (exact) mass is 318 g/mol. The van der Waals surface area contributed by atoms with Gasteiger partial charge in [0.05, 0.1) is 16.7 Å². The van der Waals surface area contributed by atoms with Gasteiger partial charge in [-0.3, -0.25) is 9.78 Å². The molecule has 0 saturated heterocycles. The largest absolute Gasteiger partial charge is 0.323 e. The topological polar surface area (TPSA) is 42.0 Å². The molecule has 0 unspecified atom stereocenters. The Labute approximate surface area is 113 Å². The lowest BCUT2D eigenvalue weighted by molar-refractivity contribution is -0.113. The molecular weight excluding hydrogens is 308 g/mol. The number of aromatic nitrogens is 1. The maximum Gasteiger partial charge on any atom is 0.235 e. The van der Waals surface area contributed by atoms with E-state index < -0.39 is 0 Å². The predicted octanol–water partition coefficient (Wildman–Crippen LogP) is 2.79. The zero-order valence-electron chi connectivity index (χ0n) is 8.91. The molecule has 3 nitrogen and oxygen atoms in total. The number of hydrogen-bond donors (Lipinski definition) is 1. The van der Waals surface area contributed by atoms with E-state index in [9.17, 15) is 4.79 Å². The summed E-state index contributed by atoms with van der Waals surface area (Å²) in [5.74, 6) is -0.112. The van der Waals surface area contributed by atoms with Crippen LogP contribution in [0.25, 0.3) is 0 Å². The van der Waals surface area contributed by atoms with E-state index in [0.29, 0.717) is 11.4 Å². The van der Waals surface area contributed by atoms with Crippen LogP contribution in [0.3, 0.4) is 0 Å². The molecule has 0 spiro atoms. The highest BCUT2D eigenvalue weighted by Crippen LogP contribution is 2.28. The Morgan fingerprint density at radius 2 is 2.44 bits per heavy atom. The molecule has 0 bridgehead atoms. The van der Waals surface area contributed by atoms with Gasteiger partial charge in [-0.15, -0.1) is 11.8 Å². The standard InChI is InChI=1S/C10H11BrN2OS2/c1-6-3-8(16-2)10(7(5-15)12-6)13-9(14)4-11/h3,5H,4H2,1-2H3,(H,13,14). The number of aryl methyl sites for hydroxylation is 1. The van der Waals surface area contributed by atoms with Crippen molar-refractivity contribution in [1.29, 1.82) is 0 Å². The van der Waals surface area contributed by atoms with Crippen molar-refractivity contribution in [1.82, 2.24) is 4.98 Å². The van der Waals surface area contributed by atoms with Gasteiger partial charge in [0, 0.05) is 16.0 Å². The van der Waals surface area contributed by atoms with E-state index in [4.69, 9.17) is 12.2 Å². The summed E-state index contributed by atoms with van der Waals surface area (Å²) in [6.45, 7) is 1.90. The summed E-state index contributed by atoms with van der Waals surface area (Å²) in [6.07, 6.45) is 1.95. The number of nitrogens with zero attached hydrogens (tertiary/aromatic N) is 1. The van der Waals surface area contributed by atoms with Crippen LogP contribution in [0.5, 0.6) is 0 Å². The molecule has 0 saturated carbocycles. The molecule has 1 rings (SSSR count). The van der Waals surface area contributed by atoms with Crippen LogP contribution in [0.4, 0.5) is 5.69 Å². The molecule has 0 atom stereocenters. The van der Waals surface area contributed by atoms with Crippen LogP contribution >= 0.6 is 39.9 Å². The van der Waals surface area contributed by atoms with Gasteiger partial charge in [0.15, 0.2) is 0 Å². The first-order chi connectivity index (χ1) is 7.62. The van der Waals surface area contributed by atoms with Crippen LogP contribution in [0.15, 0.2) is 11.0 Å². The smallest absolute Gasteiger partial charge is 0.235 e. The second-order valence-electron chi connectivity index (χ2n) is 3.03. The van der Waals surface area contributed by atoms with Crippen molar-refractivity contribution in [2.75, 3.05) is 16.9 Å². The van der Waals surface area contributed by atoms with E-state index in [0.717, 1.165) is 10.6 Å². The molecule has 6 heteroatoms. The third-order valence-corrected chi connectivity index (χ3v) is 3.35. The Hall–Kier alpha value is -0.460. The molecule has 1 N–H and O–H groups in total. The lowest BCUT2D eigenvalue weighted by Gasteiger charge is -2.11. The van der Waals surface area contributed by atoms with Crippen molar-refractivity contribution in [3.05, 3.63) is 17.5 Å². The van der Waals surface area contributed by atoms with Gasteiger partial charge < -0.3 is 5.32 Å². The summed E-state index contributed by atoms with van der Waals surface area (Å²) in [5, 5.41) is 4.53. The Balaban J connectivity index is 3.21. The minimum absolute atomic E-state index is 0.112. The van der Waals surface area contributed by atoms with Crippen molar-refractivity contribution in [3.8, 4) is 0 Å². The molecule has 0 aliphatic rings. The highest BCUT2D eigenvalue weighted by Gasteiger charge is 2.11. The lowest BCUT2D eigenvalue weighted by atomic mass is 10.2. The number of nitrogens with one attached hydrogen (secondary N) is 1. The van der Waals surface area contributed by atoms with Crippen LogP contribution in [0.2, 0.25) is 0 Å². The lowest BCUT2D eigenvalue weighted by Crippen LogP contribution is -2.15. The summed E-state index contributed by atoms with van der Waals surface area (Å²) in [5.41, 5.74) is 2.21. The Morgan fingerprint density at radius 3 is 2.94 bits per heavy atom. The summed E-state index contributed by atoms with van der Waals surface area (Å²) in [7, 11) is 0. The summed E-state index contributed by atoms with van der Waals surface area (Å²) < 4.78 is 0. The van der Waals surface area contributed by atoms with Crippen molar-refractivity contribution in [3.63, 3.8) is 0 Å². The molecule has 0 aromatic carbocycles. The highest BCUT2D eigenvalue weighted by atomic mass is 79.9. The number of rotatable bonds is 4. The zero-order valence-corrected chi connectivity index (χ0v) is 12.1. The van der Waals surface area contributed by atoms with Gasteiger partial charge >= 0.3 is 0 Å². The number of carbonyl (C=O) groups excluding carboxylic acids is 1. The van der Waals surface area contributed by atoms with E-state index >= 15 is 0 Å². The fourth-order valence-electron chi connectivity index (χ4n) is 1.21. The van der Waals surface area contributed by atoms with Gasteiger partial charge in [-0.2, -0.15) is 0 Å². The van der Waals surface area contributed by atoms with Crippen LogP contribution in [-0.4, -0.2) is 27.8 Å². The average molecular weight is 319 g/mol. The third-order valence-electron chi connectivity index (χ3n) is 1.86. The number of carbonyl (C=O) groups is 1. The number of hydrogen-bond acceptors (Lipinski definition) is 4. The minimum atomic E-state index is -0.112. The quantitative estimate of drug-likeness (QED) is 0.526. The van der Waals surface area contributed by atoms with Gasteiger partial charge in [0.2, 0.25) is 5.91 Å². The molecule has 1 aromatic rings. The van der Waals surface area contributed by atoms with Crippen LogP contribution in [0.1, 0.15) is 11.4 Å². The van der Waals surface area contributed by atoms with Gasteiger partial charge in [0.1, 0.15) is 0 Å². The van der Waals surface area contributed by atoms with Crippen molar-refractivity contribution in [2.24, 2.45) is 0 Å². The SMILES string of the molecule is CSc1cc(C)nc(C=S)c1NC(=O)CBr. The predicted molar refractivity (Wildman–Crippen MR) is 75.9 cm³/mol. The van der Waals surface area contributed by atoms with Gasteiger partial charge in [0.25, 0.3) is 0 Å². The van der Waals surface area contributed by atoms with E-state index in [1.165, 1.54) is 5.37 Å². The normalized spacial score (nSPS) is 9.94. The fourth-order valence-corrected chi connectivity index (χ4v) is 2.17. The van der Waals surface area contributed by atoms with E-state index in [1.807, 2.05) is 19.2 Å². The van der Waals surface area contributed by atoms with Crippen molar-refractivity contribution < 1.29 is 4.79 Å². The van der Waals surface area contributed by atoms with E-state index in [-0.39, 0.29) is 11.2 Å². The molecular formula is C10H11BrN2OS2.